The van der Waals surface area contributed by atoms with E-state index in [0.29, 0.717) is 11.3 Å². The van der Waals surface area contributed by atoms with E-state index in [2.05, 4.69) is 0 Å². The molecule has 0 unspecified atom stereocenters. The molecule has 1 aliphatic rings. The molecule has 0 aliphatic carbocycles. The number of halogens is 2. The lowest BCUT2D eigenvalue weighted by molar-refractivity contribution is 0.0252. The second kappa shape index (κ2) is 5.51. The maximum atomic E-state index is 13.0. The van der Waals surface area contributed by atoms with Crippen molar-refractivity contribution in [1.29, 1.82) is 0 Å². The topological polar surface area (TPSA) is 18.5 Å². The SMILES string of the molecule is Fc1ccc(OC2CCOCC2)c(CCl)c1. The molecule has 0 bridgehead atoms. The predicted octanol–water partition coefficient (Wildman–Crippen LogP) is 3.12. The molecule has 1 fully saturated rings. The van der Waals surface area contributed by atoms with Gasteiger partial charge in [-0.05, 0) is 18.2 Å². The molecule has 1 heterocycles. The summed E-state index contributed by atoms with van der Waals surface area (Å²) in [5, 5.41) is 0. The first-order chi connectivity index (χ1) is 7.79. The highest BCUT2D eigenvalue weighted by atomic mass is 35.5. The van der Waals surface area contributed by atoms with Crippen LogP contribution in [0.3, 0.4) is 0 Å². The number of alkyl halides is 1. The van der Waals surface area contributed by atoms with Crippen molar-refractivity contribution in [2.75, 3.05) is 13.2 Å². The van der Waals surface area contributed by atoms with Crippen LogP contribution < -0.4 is 4.74 Å². The molecule has 0 aromatic heterocycles. The van der Waals surface area contributed by atoms with Gasteiger partial charge in [-0.1, -0.05) is 0 Å². The molecule has 1 aromatic rings. The summed E-state index contributed by atoms with van der Waals surface area (Å²) in [5.41, 5.74) is 0.702. The fourth-order valence-corrected chi connectivity index (χ4v) is 1.95. The van der Waals surface area contributed by atoms with Crippen LogP contribution in [0.5, 0.6) is 5.75 Å². The molecule has 1 saturated heterocycles. The van der Waals surface area contributed by atoms with Crippen molar-refractivity contribution in [2.45, 2.75) is 24.8 Å². The first-order valence-corrected chi connectivity index (χ1v) is 5.92. The van der Waals surface area contributed by atoms with Gasteiger partial charge in [0.15, 0.2) is 0 Å². The highest BCUT2D eigenvalue weighted by Gasteiger charge is 2.16. The van der Waals surface area contributed by atoms with Gasteiger partial charge >= 0.3 is 0 Å². The van der Waals surface area contributed by atoms with Gasteiger partial charge in [0.1, 0.15) is 17.7 Å². The average molecular weight is 245 g/mol. The number of benzene rings is 1. The van der Waals surface area contributed by atoms with Crippen molar-refractivity contribution < 1.29 is 13.9 Å². The van der Waals surface area contributed by atoms with Crippen molar-refractivity contribution in [3.63, 3.8) is 0 Å². The smallest absolute Gasteiger partial charge is 0.124 e. The molecule has 0 saturated carbocycles. The zero-order valence-corrected chi connectivity index (χ0v) is 9.67. The fraction of sp³-hybridized carbons (Fsp3) is 0.500. The number of hydrogen-bond donors (Lipinski definition) is 0. The van der Waals surface area contributed by atoms with Crippen LogP contribution in [0.25, 0.3) is 0 Å². The predicted molar refractivity (Wildman–Crippen MR) is 60.4 cm³/mol. The van der Waals surface area contributed by atoms with E-state index in [9.17, 15) is 4.39 Å². The zero-order chi connectivity index (χ0) is 11.4. The Morgan fingerprint density at radius 1 is 1.38 bits per heavy atom. The summed E-state index contributed by atoms with van der Waals surface area (Å²) < 4.78 is 24.0. The van der Waals surface area contributed by atoms with Crippen LogP contribution in [0, 0.1) is 5.82 Å². The van der Waals surface area contributed by atoms with E-state index in [0.717, 1.165) is 26.1 Å². The monoisotopic (exact) mass is 244 g/mol. The minimum atomic E-state index is -0.282. The Kier molecular flexibility index (Phi) is 4.02. The molecule has 16 heavy (non-hydrogen) atoms. The zero-order valence-electron chi connectivity index (χ0n) is 8.92. The quantitative estimate of drug-likeness (QED) is 0.761. The Bertz CT molecular complexity index is 351. The minimum absolute atomic E-state index is 0.154. The average Bonchev–Trinajstić information content (AvgIpc) is 2.33. The molecule has 1 aliphatic heterocycles. The maximum absolute atomic E-state index is 13.0. The molecule has 0 spiro atoms. The highest BCUT2D eigenvalue weighted by molar-refractivity contribution is 6.17. The summed E-state index contributed by atoms with van der Waals surface area (Å²) in [7, 11) is 0. The van der Waals surface area contributed by atoms with Crippen LogP contribution >= 0.6 is 11.6 Å². The largest absolute Gasteiger partial charge is 0.490 e. The van der Waals surface area contributed by atoms with E-state index in [1.165, 1.54) is 12.1 Å². The summed E-state index contributed by atoms with van der Waals surface area (Å²) in [4.78, 5) is 0. The number of rotatable bonds is 3. The van der Waals surface area contributed by atoms with Crippen molar-refractivity contribution in [2.24, 2.45) is 0 Å². The Balaban J connectivity index is 2.07. The molecule has 1 aromatic carbocycles. The van der Waals surface area contributed by atoms with Crippen LogP contribution in [0.15, 0.2) is 18.2 Å². The second-order valence-electron chi connectivity index (χ2n) is 3.82. The molecular weight excluding hydrogens is 231 g/mol. The lowest BCUT2D eigenvalue weighted by Crippen LogP contribution is -2.26. The van der Waals surface area contributed by atoms with E-state index in [4.69, 9.17) is 21.1 Å². The van der Waals surface area contributed by atoms with Gasteiger partial charge in [-0.25, -0.2) is 4.39 Å². The van der Waals surface area contributed by atoms with E-state index in [-0.39, 0.29) is 17.8 Å². The van der Waals surface area contributed by atoms with Gasteiger partial charge in [0.25, 0.3) is 0 Å². The summed E-state index contributed by atoms with van der Waals surface area (Å²) in [5.74, 6) is 0.661. The number of ether oxygens (including phenoxy) is 2. The van der Waals surface area contributed by atoms with Crippen LogP contribution in [-0.4, -0.2) is 19.3 Å². The van der Waals surface area contributed by atoms with Gasteiger partial charge in [0.2, 0.25) is 0 Å². The Labute approximate surface area is 99.3 Å². The molecule has 0 atom stereocenters. The van der Waals surface area contributed by atoms with Crippen LogP contribution in [0.4, 0.5) is 4.39 Å². The van der Waals surface area contributed by atoms with Crippen molar-refractivity contribution in [3.8, 4) is 5.75 Å². The van der Waals surface area contributed by atoms with E-state index in [1.807, 2.05) is 0 Å². The van der Waals surface area contributed by atoms with E-state index >= 15 is 0 Å². The van der Waals surface area contributed by atoms with Crippen LogP contribution in [0.2, 0.25) is 0 Å². The molecule has 4 heteroatoms. The first-order valence-electron chi connectivity index (χ1n) is 5.38. The lowest BCUT2D eigenvalue weighted by atomic mass is 10.1. The van der Waals surface area contributed by atoms with Gasteiger partial charge in [-0.2, -0.15) is 0 Å². The van der Waals surface area contributed by atoms with E-state index in [1.54, 1.807) is 6.07 Å². The van der Waals surface area contributed by atoms with Crippen LogP contribution in [-0.2, 0) is 10.6 Å². The maximum Gasteiger partial charge on any atom is 0.124 e. The van der Waals surface area contributed by atoms with Gasteiger partial charge in [0.05, 0.1) is 19.1 Å². The molecule has 0 N–H and O–H groups in total. The second-order valence-corrected chi connectivity index (χ2v) is 4.08. The van der Waals surface area contributed by atoms with Crippen molar-refractivity contribution in [1.82, 2.24) is 0 Å². The minimum Gasteiger partial charge on any atom is -0.490 e. The van der Waals surface area contributed by atoms with Gasteiger partial charge in [-0.15, -0.1) is 11.6 Å². The standard InChI is InChI=1S/C12H14ClFO2/c13-8-9-7-10(14)1-2-12(9)16-11-3-5-15-6-4-11/h1-2,7,11H,3-6,8H2. The van der Waals surface area contributed by atoms with Crippen molar-refractivity contribution in [3.05, 3.63) is 29.6 Å². The Hall–Kier alpha value is -0.800. The summed E-state index contributed by atoms with van der Waals surface area (Å²) in [6.07, 6.45) is 1.90. The molecule has 2 rings (SSSR count). The summed E-state index contributed by atoms with van der Waals surface area (Å²) >= 11 is 5.75. The van der Waals surface area contributed by atoms with Gasteiger partial charge < -0.3 is 9.47 Å². The normalized spacial score (nSPS) is 17.4. The highest BCUT2D eigenvalue weighted by Crippen LogP contribution is 2.24. The summed E-state index contributed by atoms with van der Waals surface area (Å²) in [6.45, 7) is 1.45. The van der Waals surface area contributed by atoms with Gasteiger partial charge in [0, 0.05) is 18.4 Å². The number of hydrogen-bond acceptors (Lipinski definition) is 2. The van der Waals surface area contributed by atoms with Crippen LogP contribution in [0.1, 0.15) is 18.4 Å². The van der Waals surface area contributed by atoms with E-state index < -0.39 is 0 Å². The third kappa shape index (κ3) is 2.86. The molecular formula is C12H14ClFO2. The third-order valence-electron chi connectivity index (χ3n) is 2.63. The Morgan fingerprint density at radius 3 is 2.81 bits per heavy atom. The summed E-state index contributed by atoms with van der Waals surface area (Å²) in [6, 6.07) is 4.45. The van der Waals surface area contributed by atoms with Gasteiger partial charge in [-0.3, -0.25) is 0 Å². The molecule has 88 valence electrons. The third-order valence-corrected chi connectivity index (χ3v) is 2.92. The fourth-order valence-electron chi connectivity index (χ4n) is 1.74. The molecule has 0 amide bonds. The first kappa shape index (κ1) is 11.7. The molecule has 0 radical (unpaired) electrons. The Morgan fingerprint density at radius 2 is 2.12 bits per heavy atom. The van der Waals surface area contributed by atoms with Crippen molar-refractivity contribution >= 4 is 11.6 Å². The lowest BCUT2D eigenvalue weighted by Gasteiger charge is -2.24. The molecule has 2 nitrogen and oxygen atoms in total.